The summed E-state index contributed by atoms with van der Waals surface area (Å²) in [6, 6.07) is 24.9. The average Bonchev–Trinajstić information content (AvgIpc) is 2.74. The van der Waals surface area contributed by atoms with Gasteiger partial charge in [0.05, 0.1) is 0 Å². The quantitative estimate of drug-likeness (QED) is 0.686. The van der Waals surface area contributed by atoms with Gasteiger partial charge in [0.2, 0.25) is 0 Å². The molecule has 4 nitrogen and oxygen atoms in total. The molecule has 0 aromatic heterocycles. The summed E-state index contributed by atoms with van der Waals surface area (Å²) in [5, 5.41) is 12.8. The van der Waals surface area contributed by atoms with Gasteiger partial charge < -0.3 is 9.84 Å². The van der Waals surface area contributed by atoms with Crippen molar-refractivity contribution in [3.63, 3.8) is 0 Å². The van der Waals surface area contributed by atoms with Gasteiger partial charge in [-0.15, -0.1) is 0 Å². The Morgan fingerprint density at radius 3 is 2.25 bits per heavy atom. The maximum absolute atomic E-state index is 10.4. The van der Waals surface area contributed by atoms with Gasteiger partial charge in [0.25, 0.3) is 0 Å². The Kier molecular flexibility index (Phi) is 6.22. The smallest absolute Gasteiger partial charge is 0.120 e. The first-order chi connectivity index (χ1) is 13.8. The molecule has 0 unspecified atom stereocenters. The maximum atomic E-state index is 10.4. The molecule has 1 saturated heterocycles. The lowest BCUT2D eigenvalue weighted by molar-refractivity contribution is 0.0446. The Hall–Kier alpha value is -2.40. The second-order valence-electron chi connectivity index (χ2n) is 7.54. The highest BCUT2D eigenvalue weighted by Crippen LogP contribution is 2.20. The second kappa shape index (κ2) is 9.20. The zero-order valence-electron chi connectivity index (χ0n) is 16.2. The fraction of sp³-hybridized carbons (Fsp3) is 0.333. The highest BCUT2D eigenvalue weighted by Gasteiger charge is 2.19. The van der Waals surface area contributed by atoms with E-state index >= 15 is 0 Å². The van der Waals surface area contributed by atoms with Crippen LogP contribution in [0.4, 0.5) is 0 Å². The fourth-order valence-electron chi connectivity index (χ4n) is 3.77. The van der Waals surface area contributed by atoms with Gasteiger partial charge in [-0.25, -0.2) is 0 Å². The Morgan fingerprint density at radius 2 is 1.46 bits per heavy atom. The van der Waals surface area contributed by atoms with Crippen LogP contribution in [0.5, 0.6) is 5.75 Å². The summed E-state index contributed by atoms with van der Waals surface area (Å²) in [4.78, 5) is 4.81. The van der Waals surface area contributed by atoms with Gasteiger partial charge in [-0.1, -0.05) is 60.7 Å². The summed E-state index contributed by atoms with van der Waals surface area (Å²) >= 11 is 0. The van der Waals surface area contributed by atoms with E-state index in [2.05, 4.69) is 58.3 Å². The number of nitrogens with zero attached hydrogens (tertiary/aromatic N) is 2. The number of piperazine rings is 1. The van der Waals surface area contributed by atoms with E-state index in [-0.39, 0.29) is 0 Å². The molecule has 0 bridgehead atoms. The van der Waals surface area contributed by atoms with E-state index in [1.165, 1.54) is 10.9 Å². The molecule has 3 aromatic rings. The van der Waals surface area contributed by atoms with Gasteiger partial charge in [0.1, 0.15) is 18.5 Å². The lowest BCUT2D eigenvalue weighted by Gasteiger charge is -2.35. The normalized spacial score (nSPS) is 16.9. The Labute approximate surface area is 167 Å². The average molecular weight is 377 g/mol. The van der Waals surface area contributed by atoms with Crippen molar-refractivity contribution in [3.8, 4) is 5.75 Å². The number of hydrogen-bond donors (Lipinski definition) is 1. The molecule has 28 heavy (non-hydrogen) atoms. The van der Waals surface area contributed by atoms with Gasteiger partial charge in [-0.3, -0.25) is 9.80 Å². The van der Waals surface area contributed by atoms with Crippen molar-refractivity contribution in [2.24, 2.45) is 0 Å². The third kappa shape index (κ3) is 5.10. The predicted molar refractivity (Wildman–Crippen MR) is 114 cm³/mol. The molecule has 1 aliphatic heterocycles. The lowest BCUT2D eigenvalue weighted by atomic mass is 10.1. The van der Waals surface area contributed by atoms with Crippen molar-refractivity contribution in [3.05, 3.63) is 78.4 Å². The highest BCUT2D eigenvalue weighted by atomic mass is 16.5. The number of benzene rings is 3. The van der Waals surface area contributed by atoms with E-state index in [0.717, 1.165) is 43.9 Å². The minimum absolute atomic E-state index is 0.322. The van der Waals surface area contributed by atoms with E-state index in [1.54, 1.807) is 0 Å². The van der Waals surface area contributed by atoms with Crippen molar-refractivity contribution in [1.82, 2.24) is 9.80 Å². The lowest BCUT2D eigenvalue weighted by Crippen LogP contribution is -2.48. The number of aliphatic hydroxyl groups excluding tert-OH is 1. The predicted octanol–water partition coefficient (Wildman–Crippen LogP) is 3.40. The molecule has 4 heteroatoms. The topological polar surface area (TPSA) is 35.9 Å². The minimum atomic E-state index is -0.479. The number of ether oxygens (including phenoxy) is 1. The van der Waals surface area contributed by atoms with Gasteiger partial charge in [-0.05, 0) is 28.5 Å². The van der Waals surface area contributed by atoms with Crippen LogP contribution in [0.25, 0.3) is 10.8 Å². The number of hydrogen-bond acceptors (Lipinski definition) is 4. The number of aliphatic hydroxyl groups is 1. The summed E-state index contributed by atoms with van der Waals surface area (Å²) in [5.41, 5.74) is 1.36. The first-order valence-corrected chi connectivity index (χ1v) is 10.0. The van der Waals surface area contributed by atoms with Crippen molar-refractivity contribution >= 4 is 10.8 Å². The molecule has 146 valence electrons. The van der Waals surface area contributed by atoms with Gasteiger partial charge >= 0.3 is 0 Å². The standard InChI is InChI=1S/C24H28N2O2/c27-23(19-28-24-11-10-21-8-4-5-9-22(21)16-24)18-26-14-12-25(13-15-26)17-20-6-2-1-3-7-20/h1-11,16,23,27H,12-15,17-19H2/t23-/m1/s1. The minimum Gasteiger partial charge on any atom is -0.491 e. The van der Waals surface area contributed by atoms with Crippen LogP contribution in [0.2, 0.25) is 0 Å². The second-order valence-corrected chi connectivity index (χ2v) is 7.54. The van der Waals surface area contributed by atoms with Crippen LogP contribution in [-0.2, 0) is 6.54 Å². The third-order valence-electron chi connectivity index (χ3n) is 5.35. The molecule has 1 heterocycles. The van der Waals surface area contributed by atoms with E-state index in [9.17, 15) is 5.11 Å². The number of β-amino-alcohol motifs (C(OH)–C–C–N with tert-alkyl or cyclic N) is 1. The zero-order valence-corrected chi connectivity index (χ0v) is 16.2. The van der Waals surface area contributed by atoms with E-state index in [4.69, 9.17) is 4.74 Å². The van der Waals surface area contributed by atoms with Crippen LogP contribution < -0.4 is 4.74 Å². The first kappa shape index (κ1) is 18.9. The summed E-state index contributed by atoms with van der Waals surface area (Å²) in [6.45, 7) is 6.03. The Bertz CT molecular complexity index is 876. The molecule has 1 fully saturated rings. The first-order valence-electron chi connectivity index (χ1n) is 10.0. The molecular formula is C24H28N2O2. The highest BCUT2D eigenvalue weighted by molar-refractivity contribution is 5.83. The monoisotopic (exact) mass is 376 g/mol. The SMILES string of the molecule is O[C@@H](COc1ccc2ccccc2c1)CN1CCN(Cc2ccccc2)CC1. The molecule has 1 N–H and O–H groups in total. The van der Waals surface area contributed by atoms with Crippen LogP contribution in [0.3, 0.4) is 0 Å². The molecular weight excluding hydrogens is 348 g/mol. The van der Waals surface area contributed by atoms with Crippen molar-refractivity contribution in [1.29, 1.82) is 0 Å². The van der Waals surface area contributed by atoms with Crippen molar-refractivity contribution < 1.29 is 9.84 Å². The Balaban J connectivity index is 1.20. The molecule has 4 rings (SSSR count). The van der Waals surface area contributed by atoms with Crippen LogP contribution in [0.1, 0.15) is 5.56 Å². The van der Waals surface area contributed by atoms with Gasteiger partial charge in [-0.2, -0.15) is 0 Å². The van der Waals surface area contributed by atoms with Crippen molar-refractivity contribution in [2.45, 2.75) is 12.6 Å². The van der Waals surface area contributed by atoms with E-state index in [1.807, 2.05) is 24.3 Å². The van der Waals surface area contributed by atoms with E-state index in [0.29, 0.717) is 13.2 Å². The summed E-state index contributed by atoms with van der Waals surface area (Å²) < 4.78 is 5.83. The largest absolute Gasteiger partial charge is 0.491 e. The molecule has 1 atom stereocenters. The molecule has 0 amide bonds. The molecule has 1 aliphatic rings. The van der Waals surface area contributed by atoms with Crippen LogP contribution in [0, 0.1) is 0 Å². The third-order valence-corrected chi connectivity index (χ3v) is 5.35. The Morgan fingerprint density at radius 1 is 0.786 bits per heavy atom. The fourth-order valence-corrected chi connectivity index (χ4v) is 3.77. The number of rotatable bonds is 7. The van der Waals surface area contributed by atoms with Crippen LogP contribution in [0.15, 0.2) is 72.8 Å². The van der Waals surface area contributed by atoms with Crippen LogP contribution in [-0.4, -0.2) is 60.3 Å². The molecule has 0 aliphatic carbocycles. The van der Waals surface area contributed by atoms with Crippen LogP contribution >= 0.6 is 0 Å². The van der Waals surface area contributed by atoms with Gasteiger partial charge in [0, 0.05) is 39.3 Å². The summed E-state index contributed by atoms with van der Waals surface area (Å²) in [5.74, 6) is 0.811. The summed E-state index contributed by atoms with van der Waals surface area (Å²) in [7, 11) is 0. The maximum Gasteiger partial charge on any atom is 0.120 e. The van der Waals surface area contributed by atoms with Gasteiger partial charge in [0.15, 0.2) is 0 Å². The summed E-state index contributed by atoms with van der Waals surface area (Å²) in [6.07, 6.45) is -0.479. The molecule has 0 saturated carbocycles. The molecule has 0 radical (unpaired) electrons. The zero-order chi connectivity index (χ0) is 19.2. The number of fused-ring (bicyclic) bond motifs is 1. The van der Waals surface area contributed by atoms with E-state index < -0.39 is 6.10 Å². The van der Waals surface area contributed by atoms with Crippen molar-refractivity contribution in [2.75, 3.05) is 39.3 Å². The molecule has 3 aromatic carbocycles. The molecule has 0 spiro atoms.